The Morgan fingerprint density at radius 3 is 1.77 bits per heavy atom. The third-order valence-corrected chi connectivity index (χ3v) is 6.74. The average molecular weight is 563 g/mol. The molecule has 1 aromatic carbocycles. The van der Waals surface area contributed by atoms with Gasteiger partial charge in [0.15, 0.2) is 0 Å². The van der Waals surface area contributed by atoms with Crippen molar-refractivity contribution in [3.8, 4) is 0 Å². The third kappa shape index (κ3) is 9.33. The van der Waals surface area contributed by atoms with Crippen molar-refractivity contribution in [1.29, 1.82) is 0 Å². The number of aliphatic hydroxyl groups excluding tert-OH is 1. The Labute approximate surface area is 234 Å². The van der Waals surface area contributed by atoms with Crippen LogP contribution in [0.15, 0.2) is 30.3 Å². The van der Waals surface area contributed by atoms with Gasteiger partial charge in [-0.25, -0.2) is 0 Å². The summed E-state index contributed by atoms with van der Waals surface area (Å²) in [7, 11) is 3.97. The van der Waals surface area contributed by atoms with E-state index in [1.165, 1.54) is 28.1 Å². The molecule has 0 aliphatic carbocycles. The van der Waals surface area contributed by atoms with E-state index in [9.17, 15) is 33.9 Å². The second-order valence-corrected chi connectivity index (χ2v) is 10.1. The summed E-state index contributed by atoms with van der Waals surface area (Å²) in [6.07, 6.45) is -0.287. The molecular weight excluding hydrogens is 520 g/mol. The van der Waals surface area contributed by atoms with Crippen LogP contribution in [-0.4, -0.2) is 107 Å². The summed E-state index contributed by atoms with van der Waals surface area (Å²) in [4.78, 5) is 79.0. The number of nitrogens with two attached hydrogens (primary N) is 2. The van der Waals surface area contributed by atoms with E-state index < -0.39 is 66.2 Å². The first-order valence-electron chi connectivity index (χ1n) is 12.9. The van der Waals surface area contributed by atoms with E-state index in [1.54, 1.807) is 44.2 Å². The average Bonchev–Trinajstić information content (AvgIpc) is 2.89. The van der Waals surface area contributed by atoms with E-state index in [1.807, 2.05) is 0 Å². The molecule has 6 N–H and O–H groups in total. The van der Waals surface area contributed by atoms with Crippen LogP contribution < -0.4 is 16.8 Å². The molecule has 6 amide bonds. The molecule has 0 aliphatic rings. The van der Waals surface area contributed by atoms with Gasteiger partial charge >= 0.3 is 0 Å². The SMILES string of the molecule is CC(=O)N[C@H](C(=O)N(C)[C@@H](CCC(N)=O)C(=O)N(C)[C@@H](CO)C(=O)N(C)[C@@H](Cc1ccccc1)C(N)=O)C(C)C. The maximum absolute atomic E-state index is 13.7. The molecule has 0 aliphatic heterocycles. The molecule has 0 radical (unpaired) electrons. The molecule has 1 aromatic rings. The first kappa shape index (κ1) is 34.0. The lowest BCUT2D eigenvalue weighted by atomic mass is 10.00. The summed E-state index contributed by atoms with van der Waals surface area (Å²) in [6.45, 7) is 3.92. The standard InChI is InChI=1S/C27H42N6O7/c1-16(2)23(30-17(3)35)27(40)31(4)19(12-13-22(28)36)25(38)33(6)21(15-34)26(39)32(5)20(24(29)37)14-18-10-8-7-9-11-18/h7-11,16,19-21,23,34H,12-15H2,1-6H3,(H2,28,36)(H2,29,37)(H,30,35)/t19-,20-,21-,23-/m0/s1. The van der Waals surface area contributed by atoms with Gasteiger partial charge in [-0.15, -0.1) is 0 Å². The quantitative estimate of drug-likeness (QED) is 0.202. The van der Waals surface area contributed by atoms with Crippen LogP contribution in [-0.2, 0) is 35.2 Å². The van der Waals surface area contributed by atoms with Crippen molar-refractivity contribution in [3.63, 3.8) is 0 Å². The van der Waals surface area contributed by atoms with Gasteiger partial charge in [-0.1, -0.05) is 44.2 Å². The van der Waals surface area contributed by atoms with Crippen LogP contribution in [0.2, 0.25) is 0 Å². The van der Waals surface area contributed by atoms with E-state index in [2.05, 4.69) is 5.32 Å². The number of hydrogen-bond acceptors (Lipinski definition) is 7. The van der Waals surface area contributed by atoms with Crippen LogP contribution in [0.3, 0.4) is 0 Å². The summed E-state index contributed by atoms with van der Waals surface area (Å²) in [5, 5.41) is 12.7. The molecule has 1 rings (SSSR count). The highest BCUT2D eigenvalue weighted by molar-refractivity contribution is 5.95. The normalized spacial score (nSPS) is 13.9. The monoisotopic (exact) mass is 562 g/mol. The fourth-order valence-corrected chi connectivity index (χ4v) is 4.28. The molecule has 13 heteroatoms. The van der Waals surface area contributed by atoms with Crippen molar-refractivity contribution in [2.75, 3.05) is 27.7 Å². The molecule has 0 spiro atoms. The lowest BCUT2D eigenvalue weighted by molar-refractivity contribution is -0.153. The maximum Gasteiger partial charge on any atom is 0.248 e. The predicted octanol–water partition coefficient (Wildman–Crippen LogP) is -1.39. The molecule has 0 aromatic heterocycles. The van der Waals surface area contributed by atoms with Crippen LogP contribution >= 0.6 is 0 Å². The highest BCUT2D eigenvalue weighted by Gasteiger charge is 2.39. The van der Waals surface area contributed by atoms with Gasteiger partial charge < -0.3 is 36.6 Å². The van der Waals surface area contributed by atoms with Gasteiger partial charge in [0.1, 0.15) is 24.2 Å². The highest BCUT2D eigenvalue weighted by Crippen LogP contribution is 2.17. The Morgan fingerprint density at radius 1 is 0.825 bits per heavy atom. The van der Waals surface area contributed by atoms with Crippen molar-refractivity contribution in [2.45, 2.75) is 64.2 Å². The molecule has 13 nitrogen and oxygen atoms in total. The van der Waals surface area contributed by atoms with Crippen LogP contribution in [0.25, 0.3) is 0 Å². The number of rotatable bonds is 15. The van der Waals surface area contributed by atoms with E-state index in [0.717, 1.165) is 20.3 Å². The molecule has 0 heterocycles. The molecular formula is C27H42N6O7. The zero-order valence-corrected chi connectivity index (χ0v) is 24.0. The smallest absolute Gasteiger partial charge is 0.248 e. The van der Waals surface area contributed by atoms with E-state index in [0.29, 0.717) is 0 Å². The Balaban J connectivity index is 3.28. The van der Waals surface area contributed by atoms with Crippen molar-refractivity contribution < 1.29 is 33.9 Å². The molecule has 0 saturated heterocycles. The lowest BCUT2D eigenvalue weighted by Gasteiger charge is -2.37. The van der Waals surface area contributed by atoms with Gasteiger partial charge in [0.05, 0.1) is 6.61 Å². The molecule has 222 valence electrons. The first-order valence-corrected chi connectivity index (χ1v) is 12.9. The van der Waals surface area contributed by atoms with Gasteiger partial charge in [-0.05, 0) is 17.9 Å². The van der Waals surface area contributed by atoms with Gasteiger partial charge in [0, 0.05) is 40.9 Å². The summed E-state index contributed by atoms with van der Waals surface area (Å²) < 4.78 is 0. The number of carbonyl (C=O) groups excluding carboxylic acids is 6. The minimum atomic E-state index is -1.43. The Kier molecular flexibility index (Phi) is 13.2. The summed E-state index contributed by atoms with van der Waals surface area (Å²) in [5.41, 5.74) is 11.6. The minimum Gasteiger partial charge on any atom is -0.394 e. The summed E-state index contributed by atoms with van der Waals surface area (Å²) in [5.74, 6) is -4.32. The van der Waals surface area contributed by atoms with Crippen molar-refractivity contribution in [1.82, 2.24) is 20.0 Å². The summed E-state index contributed by atoms with van der Waals surface area (Å²) in [6, 6.07) is 4.21. The number of likely N-dealkylation sites (N-methyl/N-ethyl adjacent to an activating group) is 3. The van der Waals surface area contributed by atoms with Gasteiger partial charge in [-0.3, -0.25) is 28.8 Å². The number of hydrogen-bond donors (Lipinski definition) is 4. The van der Waals surface area contributed by atoms with Crippen LogP contribution in [0.4, 0.5) is 0 Å². The predicted molar refractivity (Wildman–Crippen MR) is 147 cm³/mol. The molecule has 0 bridgehead atoms. The Bertz CT molecular complexity index is 1060. The zero-order valence-electron chi connectivity index (χ0n) is 24.0. The fraction of sp³-hybridized carbons (Fsp3) is 0.556. The molecule has 0 unspecified atom stereocenters. The zero-order chi connectivity index (χ0) is 30.7. The van der Waals surface area contributed by atoms with E-state index in [-0.39, 0.29) is 25.2 Å². The molecule has 4 atom stereocenters. The van der Waals surface area contributed by atoms with Crippen LogP contribution in [0.1, 0.15) is 39.2 Å². The second-order valence-electron chi connectivity index (χ2n) is 10.1. The van der Waals surface area contributed by atoms with Crippen molar-refractivity contribution in [2.24, 2.45) is 17.4 Å². The van der Waals surface area contributed by atoms with Gasteiger partial charge in [0.25, 0.3) is 0 Å². The van der Waals surface area contributed by atoms with Gasteiger partial charge in [0.2, 0.25) is 35.4 Å². The number of nitrogens with one attached hydrogen (secondary N) is 1. The maximum atomic E-state index is 13.7. The second kappa shape index (κ2) is 15.6. The third-order valence-electron chi connectivity index (χ3n) is 6.74. The lowest BCUT2D eigenvalue weighted by Crippen LogP contribution is -2.60. The largest absolute Gasteiger partial charge is 0.394 e. The van der Waals surface area contributed by atoms with Gasteiger partial charge in [-0.2, -0.15) is 0 Å². The number of nitrogens with zero attached hydrogens (tertiary/aromatic N) is 3. The minimum absolute atomic E-state index is 0.117. The number of primary amides is 2. The van der Waals surface area contributed by atoms with Crippen molar-refractivity contribution in [3.05, 3.63) is 35.9 Å². The van der Waals surface area contributed by atoms with Crippen molar-refractivity contribution >= 4 is 35.4 Å². The fourth-order valence-electron chi connectivity index (χ4n) is 4.28. The van der Waals surface area contributed by atoms with Crippen LogP contribution in [0, 0.1) is 5.92 Å². The first-order chi connectivity index (χ1) is 18.6. The number of benzene rings is 1. The number of aliphatic hydroxyl groups is 1. The molecule has 0 fully saturated rings. The number of amides is 6. The summed E-state index contributed by atoms with van der Waals surface area (Å²) >= 11 is 0. The highest BCUT2D eigenvalue weighted by atomic mass is 16.3. The van der Waals surface area contributed by atoms with E-state index in [4.69, 9.17) is 11.5 Å². The Morgan fingerprint density at radius 2 is 1.32 bits per heavy atom. The van der Waals surface area contributed by atoms with Crippen LogP contribution in [0.5, 0.6) is 0 Å². The molecule has 40 heavy (non-hydrogen) atoms. The molecule has 0 saturated carbocycles. The topological polar surface area (TPSA) is 196 Å². The number of carbonyl (C=O) groups is 6. The van der Waals surface area contributed by atoms with E-state index >= 15 is 0 Å². The Hall–Kier alpha value is -4.00.